The fourth-order valence-corrected chi connectivity index (χ4v) is 2.60. The van der Waals surface area contributed by atoms with Crippen molar-refractivity contribution in [2.75, 3.05) is 6.61 Å². The predicted molar refractivity (Wildman–Crippen MR) is 78.1 cm³/mol. The SMILES string of the molecule is CCCc1nc(=S)cc(-c2ccc3c(c2)CCO3)[nH]1. The van der Waals surface area contributed by atoms with E-state index in [0.717, 1.165) is 48.7 Å². The van der Waals surface area contributed by atoms with Crippen LogP contribution in [0.4, 0.5) is 0 Å². The lowest BCUT2D eigenvalue weighted by Crippen LogP contribution is -1.97. The molecule has 0 saturated heterocycles. The average Bonchev–Trinajstić information content (AvgIpc) is 2.85. The third kappa shape index (κ3) is 2.54. The fourth-order valence-electron chi connectivity index (χ4n) is 2.37. The third-order valence-electron chi connectivity index (χ3n) is 3.28. The maximum Gasteiger partial charge on any atom is 0.130 e. The van der Waals surface area contributed by atoms with Gasteiger partial charge in [0.25, 0.3) is 0 Å². The van der Waals surface area contributed by atoms with Gasteiger partial charge in [-0.05, 0) is 41.8 Å². The molecule has 1 aliphatic heterocycles. The van der Waals surface area contributed by atoms with Crippen LogP contribution in [0.1, 0.15) is 24.7 Å². The normalized spacial score (nSPS) is 13.1. The second kappa shape index (κ2) is 5.13. The van der Waals surface area contributed by atoms with E-state index < -0.39 is 0 Å². The standard InChI is InChI=1S/C15H16N2OS/c1-2-3-14-16-12(9-15(19)17-14)10-4-5-13-11(8-10)6-7-18-13/h4-5,8-9H,2-3,6-7H2,1H3,(H,16,17,19). The smallest absolute Gasteiger partial charge is 0.130 e. The number of aromatic amines is 1. The number of fused-ring (bicyclic) bond motifs is 1. The summed E-state index contributed by atoms with van der Waals surface area (Å²) in [6, 6.07) is 8.21. The highest BCUT2D eigenvalue weighted by atomic mass is 32.1. The summed E-state index contributed by atoms with van der Waals surface area (Å²) in [5.74, 6) is 1.96. The Bertz CT molecular complexity index is 663. The first-order valence-corrected chi connectivity index (χ1v) is 7.03. The largest absolute Gasteiger partial charge is 0.493 e. The van der Waals surface area contributed by atoms with Gasteiger partial charge in [-0.1, -0.05) is 19.1 Å². The summed E-state index contributed by atoms with van der Waals surface area (Å²) in [6.07, 6.45) is 2.96. The van der Waals surface area contributed by atoms with Gasteiger partial charge in [0.15, 0.2) is 0 Å². The Morgan fingerprint density at radius 2 is 2.26 bits per heavy atom. The zero-order valence-corrected chi connectivity index (χ0v) is 11.7. The van der Waals surface area contributed by atoms with Crippen LogP contribution in [0.25, 0.3) is 11.3 Å². The minimum Gasteiger partial charge on any atom is -0.493 e. The van der Waals surface area contributed by atoms with Crippen LogP contribution in [0, 0.1) is 4.64 Å². The van der Waals surface area contributed by atoms with Crippen molar-refractivity contribution in [1.82, 2.24) is 9.97 Å². The van der Waals surface area contributed by atoms with E-state index in [1.165, 1.54) is 5.56 Å². The number of H-pyrrole nitrogens is 1. The van der Waals surface area contributed by atoms with Gasteiger partial charge in [0.2, 0.25) is 0 Å². The lowest BCUT2D eigenvalue weighted by Gasteiger charge is -2.07. The quantitative estimate of drug-likeness (QED) is 0.866. The van der Waals surface area contributed by atoms with Crippen LogP contribution in [0.3, 0.4) is 0 Å². The van der Waals surface area contributed by atoms with Gasteiger partial charge in [-0.3, -0.25) is 0 Å². The van der Waals surface area contributed by atoms with E-state index in [-0.39, 0.29) is 0 Å². The lowest BCUT2D eigenvalue weighted by molar-refractivity contribution is 0.357. The van der Waals surface area contributed by atoms with Gasteiger partial charge in [-0.25, -0.2) is 4.98 Å². The Morgan fingerprint density at radius 3 is 3.11 bits per heavy atom. The van der Waals surface area contributed by atoms with Crippen LogP contribution < -0.4 is 4.74 Å². The number of rotatable bonds is 3. The number of nitrogens with zero attached hydrogens (tertiary/aromatic N) is 1. The molecule has 1 aliphatic rings. The number of aryl methyl sites for hydroxylation is 1. The molecule has 2 heterocycles. The Hall–Kier alpha value is -1.68. The van der Waals surface area contributed by atoms with Crippen LogP contribution in [0.5, 0.6) is 5.75 Å². The lowest BCUT2D eigenvalue weighted by atomic mass is 10.1. The van der Waals surface area contributed by atoms with Crippen LogP contribution in [-0.2, 0) is 12.8 Å². The summed E-state index contributed by atoms with van der Waals surface area (Å²) < 4.78 is 6.18. The number of hydrogen-bond acceptors (Lipinski definition) is 3. The number of ether oxygens (including phenoxy) is 1. The highest BCUT2D eigenvalue weighted by Gasteiger charge is 2.13. The van der Waals surface area contributed by atoms with Crippen molar-refractivity contribution in [3.05, 3.63) is 40.3 Å². The first-order valence-electron chi connectivity index (χ1n) is 6.62. The minimum absolute atomic E-state index is 0.647. The second-order valence-corrected chi connectivity index (χ2v) is 5.17. The molecule has 2 aromatic rings. The second-order valence-electron chi connectivity index (χ2n) is 4.75. The molecular formula is C15H16N2OS. The molecule has 0 aliphatic carbocycles. The topological polar surface area (TPSA) is 37.9 Å². The van der Waals surface area contributed by atoms with E-state index in [1.54, 1.807) is 0 Å². The van der Waals surface area contributed by atoms with Crippen molar-refractivity contribution in [3.8, 4) is 17.0 Å². The molecule has 0 unspecified atom stereocenters. The van der Waals surface area contributed by atoms with Gasteiger partial charge in [0.05, 0.1) is 6.61 Å². The summed E-state index contributed by atoms with van der Waals surface area (Å²) in [5.41, 5.74) is 3.46. The van der Waals surface area contributed by atoms with E-state index in [4.69, 9.17) is 17.0 Å². The molecule has 98 valence electrons. The van der Waals surface area contributed by atoms with Crippen molar-refractivity contribution in [2.45, 2.75) is 26.2 Å². The van der Waals surface area contributed by atoms with E-state index in [1.807, 2.05) is 12.1 Å². The van der Waals surface area contributed by atoms with Crippen molar-refractivity contribution < 1.29 is 4.74 Å². The van der Waals surface area contributed by atoms with Crippen LogP contribution in [0.15, 0.2) is 24.3 Å². The monoisotopic (exact) mass is 272 g/mol. The van der Waals surface area contributed by atoms with Gasteiger partial charge in [0.1, 0.15) is 16.2 Å². The molecule has 0 fully saturated rings. The minimum atomic E-state index is 0.647. The molecule has 0 bridgehead atoms. The first-order chi connectivity index (χ1) is 9.26. The number of nitrogens with one attached hydrogen (secondary N) is 1. The van der Waals surface area contributed by atoms with Gasteiger partial charge in [-0.15, -0.1) is 0 Å². The van der Waals surface area contributed by atoms with Gasteiger partial charge >= 0.3 is 0 Å². The fraction of sp³-hybridized carbons (Fsp3) is 0.333. The summed E-state index contributed by atoms with van der Waals surface area (Å²) in [7, 11) is 0. The van der Waals surface area contributed by atoms with Crippen molar-refractivity contribution in [2.24, 2.45) is 0 Å². The summed E-state index contributed by atoms with van der Waals surface area (Å²) >= 11 is 5.24. The van der Waals surface area contributed by atoms with E-state index >= 15 is 0 Å². The molecule has 0 spiro atoms. The molecule has 3 nitrogen and oxygen atoms in total. The Kier molecular flexibility index (Phi) is 3.34. The first kappa shape index (κ1) is 12.4. The number of aromatic nitrogens is 2. The molecule has 0 atom stereocenters. The maximum atomic E-state index is 5.53. The number of hydrogen-bond donors (Lipinski definition) is 1. The van der Waals surface area contributed by atoms with Gasteiger partial charge in [0, 0.05) is 18.5 Å². The van der Waals surface area contributed by atoms with Gasteiger partial charge < -0.3 is 9.72 Å². The molecule has 0 radical (unpaired) electrons. The maximum absolute atomic E-state index is 5.53. The van der Waals surface area contributed by atoms with E-state index in [9.17, 15) is 0 Å². The summed E-state index contributed by atoms with van der Waals surface area (Å²) in [4.78, 5) is 7.73. The van der Waals surface area contributed by atoms with Crippen molar-refractivity contribution in [1.29, 1.82) is 0 Å². The molecule has 19 heavy (non-hydrogen) atoms. The molecule has 1 N–H and O–H groups in total. The van der Waals surface area contributed by atoms with Crippen LogP contribution in [0.2, 0.25) is 0 Å². The van der Waals surface area contributed by atoms with Crippen LogP contribution >= 0.6 is 12.2 Å². The third-order valence-corrected chi connectivity index (χ3v) is 3.49. The summed E-state index contributed by atoms with van der Waals surface area (Å²) in [5, 5.41) is 0. The van der Waals surface area contributed by atoms with Crippen LogP contribution in [-0.4, -0.2) is 16.6 Å². The number of benzene rings is 1. The van der Waals surface area contributed by atoms with Gasteiger partial charge in [-0.2, -0.15) is 0 Å². The molecular weight excluding hydrogens is 256 g/mol. The van der Waals surface area contributed by atoms with Crippen molar-refractivity contribution in [3.63, 3.8) is 0 Å². The Balaban J connectivity index is 2.04. The summed E-state index contributed by atoms with van der Waals surface area (Å²) in [6.45, 7) is 2.92. The molecule has 1 aromatic heterocycles. The molecule has 3 rings (SSSR count). The molecule has 0 amide bonds. The van der Waals surface area contributed by atoms with Crippen molar-refractivity contribution >= 4 is 12.2 Å². The Morgan fingerprint density at radius 1 is 1.37 bits per heavy atom. The molecule has 4 heteroatoms. The highest BCUT2D eigenvalue weighted by Crippen LogP contribution is 2.29. The average molecular weight is 272 g/mol. The molecule has 1 aromatic carbocycles. The zero-order chi connectivity index (χ0) is 13.2. The van der Waals surface area contributed by atoms with E-state index in [0.29, 0.717) is 4.64 Å². The molecule has 0 saturated carbocycles. The predicted octanol–water partition coefficient (Wildman–Crippen LogP) is 3.69. The Labute approximate surface area is 117 Å². The van der Waals surface area contributed by atoms with E-state index in [2.05, 4.69) is 29.0 Å². The zero-order valence-electron chi connectivity index (χ0n) is 10.9. The highest BCUT2D eigenvalue weighted by molar-refractivity contribution is 7.71.